The van der Waals surface area contributed by atoms with Crippen LogP contribution in [-0.2, 0) is 19.6 Å². The molecular formula is C12H23NO5S. The second kappa shape index (κ2) is 5.76. The number of methoxy groups -OCH3 is 1. The molecule has 0 aromatic heterocycles. The molecule has 0 amide bonds. The van der Waals surface area contributed by atoms with Crippen molar-refractivity contribution in [1.29, 1.82) is 0 Å². The molecule has 1 fully saturated rings. The molecule has 0 aliphatic heterocycles. The van der Waals surface area contributed by atoms with Gasteiger partial charge in [-0.25, -0.2) is 12.7 Å². The summed E-state index contributed by atoms with van der Waals surface area (Å²) in [6.45, 7) is 3.09. The highest BCUT2D eigenvalue weighted by atomic mass is 32.2. The van der Waals surface area contributed by atoms with Crippen LogP contribution in [0.1, 0.15) is 33.1 Å². The molecule has 0 radical (unpaired) electrons. The molecule has 0 aromatic rings. The van der Waals surface area contributed by atoms with Crippen LogP contribution in [0.5, 0.6) is 0 Å². The van der Waals surface area contributed by atoms with Crippen molar-refractivity contribution in [2.24, 2.45) is 5.92 Å². The molecule has 0 aromatic carbocycles. The first-order valence-corrected chi connectivity index (χ1v) is 7.85. The molecule has 0 bridgehead atoms. The number of carbonyl (C=O) groups excluding carboxylic acids is 1. The Balaban J connectivity index is 2.90. The summed E-state index contributed by atoms with van der Waals surface area (Å²) in [4.78, 5) is 11.6. The standard InChI is InChI=1S/C12H23NO5S/c1-12(2,15)8-13(3)19(16,17)10-7-5-6-9(10)11(14)18-4/h9-10,15H,5-8H2,1-4H3. The molecule has 0 saturated heterocycles. The van der Waals surface area contributed by atoms with Gasteiger partial charge in [-0.15, -0.1) is 0 Å². The summed E-state index contributed by atoms with van der Waals surface area (Å²) in [7, 11) is -0.904. The third-order valence-electron chi connectivity index (χ3n) is 3.38. The van der Waals surface area contributed by atoms with Gasteiger partial charge >= 0.3 is 5.97 Å². The zero-order chi connectivity index (χ0) is 14.8. The summed E-state index contributed by atoms with van der Waals surface area (Å²) in [5.41, 5.74) is -1.11. The molecule has 1 rings (SSSR count). The number of ether oxygens (including phenoxy) is 1. The van der Waals surface area contributed by atoms with Crippen LogP contribution in [0, 0.1) is 5.92 Å². The van der Waals surface area contributed by atoms with E-state index < -0.39 is 32.8 Å². The van der Waals surface area contributed by atoms with E-state index in [1.54, 1.807) is 13.8 Å². The summed E-state index contributed by atoms with van der Waals surface area (Å²) in [5.74, 6) is -1.07. The first-order valence-electron chi connectivity index (χ1n) is 6.35. The predicted octanol–water partition coefficient (Wildman–Crippen LogP) is 0.361. The lowest BCUT2D eigenvalue weighted by atomic mass is 10.1. The fourth-order valence-corrected chi connectivity index (χ4v) is 4.65. The minimum atomic E-state index is -3.60. The number of rotatable bonds is 5. The zero-order valence-electron chi connectivity index (χ0n) is 11.9. The predicted molar refractivity (Wildman–Crippen MR) is 71.0 cm³/mol. The largest absolute Gasteiger partial charge is 0.469 e. The van der Waals surface area contributed by atoms with E-state index in [4.69, 9.17) is 0 Å². The molecule has 7 heteroatoms. The number of hydrogen-bond acceptors (Lipinski definition) is 5. The Bertz CT molecular complexity index is 426. The van der Waals surface area contributed by atoms with E-state index >= 15 is 0 Å². The third-order valence-corrected chi connectivity index (χ3v) is 5.71. The molecule has 1 aliphatic carbocycles. The van der Waals surface area contributed by atoms with Gasteiger partial charge in [0.05, 0.1) is 23.9 Å². The van der Waals surface area contributed by atoms with Gasteiger partial charge in [-0.2, -0.15) is 0 Å². The van der Waals surface area contributed by atoms with E-state index in [1.807, 2.05) is 0 Å². The number of sulfonamides is 1. The second-order valence-corrected chi connectivity index (χ2v) is 7.97. The third kappa shape index (κ3) is 3.90. The van der Waals surface area contributed by atoms with Crippen molar-refractivity contribution in [3.8, 4) is 0 Å². The normalized spacial score (nSPS) is 24.7. The highest BCUT2D eigenvalue weighted by Gasteiger charge is 2.44. The van der Waals surface area contributed by atoms with E-state index in [1.165, 1.54) is 14.2 Å². The SMILES string of the molecule is COC(=O)C1CCCC1S(=O)(=O)N(C)CC(C)(C)O. The molecule has 0 heterocycles. The Labute approximate surface area is 114 Å². The van der Waals surface area contributed by atoms with Crippen molar-refractivity contribution in [3.63, 3.8) is 0 Å². The maximum Gasteiger partial charge on any atom is 0.310 e. The van der Waals surface area contributed by atoms with Gasteiger partial charge in [-0.05, 0) is 26.7 Å². The van der Waals surface area contributed by atoms with Crippen LogP contribution in [0.4, 0.5) is 0 Å². The Hall–Kier alpha value is -0.660. The number of hydrogen-bond donors (Lipinski definition) is 1. The van der Waals surface area contributed by atoms with Gasteiger partial charge in [0.1, 0.15) is 0 Å². The number of esters is 1. The molecule has 112 valence electrons. The smallest absolute Gasteiger partial charge is 0.310 e. The fraction of sp³-hybridized carbons (Fsp3) is 0.917. The maximum absolute atomic E-state index is 12.4. The zero-order valence-corrected chi connectivity index (χ0v) is 12.7. The fourth-order valence-electron chi connectivity index (χ4n) is 2.57. The van der Waals surface area contributed by atoms with Crippen molar-refractivity contribution in [3.05, 3.63) is 0 Å². The minimum absolute atomic E-state index is 0.000272. The second-order valence-electron chi connectivity index (χ2n) is 5.71. The van der Waals surface area contributed by atoms with Gasteiger partial charge in [0, 0.05) is 13.6 Å². The molecule has 2 atom stereocenters. The average Bonchev–Trinajstić information content (AvgIpc) is 2.74. The van der Waals surface area contributed by atoms with Crippen LogP contribution in [0.15, 0.2) is 0 Å². The molecule has 1 aliphatic rings. The van der Waals surface area contributed by atoms with Crippen LogP contribution < -0.4 is 0 Å². The molecule has 2 unspecified atom stereocenters. The Morgan fingerprint density at radius 2 is 2.00 bits per heavy atom. The number of likely N-dealkylation sites (N-methyl/N-ethyl adjacent to an activating group) is 1. The van der Waals surface area contributed by atoms with E-state index in [2.05, 4.69) is 4.74 Å². The van der Waals surface area contributed by atoms with Gasteiger partial charge in [-0.1, -0.05) is 6.42 Å². The Morgan fingerprint density at radius 1 is 1.42 bits per heavy atom. The summed E-state index contributed by atoms with van der Waals surface area (Å²) in [5, 5.41) is 8.97. The van der Waals surface area contributed by atoms with Gasteiger partial charge in [0.15, 0.2) is 0 Å². The van der Waals surface area contributed by atoms with Crippen LogP contribution in [-0.4, -0.2) is 55.4 Å². The lowest BCUT2D eigenvalue weighted by Crippen LogP contribution is -2.45. The summed E-state index contributed by atoms with van der Waals surface area (Å²) < 4.78 is 30.7. The lowest BCUT2D eigenvalue weighted by Gasteiger charge is -2.29. The van der Waals surface area contributed by atoms with Crippen LogP contribution >= 0.6 is 0 Å². The molecule has 1 saturated carbocycles. The molecule has 0 spiro atoms. The summed E-state index contributed by atoms with van der Waals surface area (Å²) >= 11 is 0. The van der Waals surface area contributed by atoms with Crippen molar-refractivity contribution < 1.29 is 23.1 Å². The summed E-state index contributed by atoms with van der Waals surface area (Å²) in [6.07, 6.45) is 1.69. The topological polar surface area (TPSA) is 83.9 Å². The maximum atomic E-state index is 12.4. The number of nitrogens with zero attached hydrogens (tertiary/aromatic N) is 1. The Kier molecular flexibility index (Phi) is 4.97. The molecule has 6 nitrogen and oxygen atoms in total. The summed E-state index contributed by atoms with van der Waals surface area (Å²) in [6, 6.07) is 0. The number of carbonyl (C=O) groups is 1. The van der Waals surface area contributed by atoms with Crippen molar-refractivity contribution in [1.82, 2.24) is 4.31 Å². The molecule has 1 N–H and O–H groups in total. The molecule has 19 heavy (non-hydrogen) atoms. The number of aliphatic hydroxyl groups is 1. The highest BCUT2D eigenvalue weighted by Crippen LogP contribution is 2.33. The molecular weight excluding hydrogens is 270 g/mol. The van der Waals surface area contributed by atoms with E-state index in [0.717, 1.165) is 4.31 Å². The lowest BCUT2D eigenvalue weighted by molar-refractivity contribution is -0.145. The first-order chi connectivity index (χ1) is 8.59. The van der Waals surface area contributed by atoms with Gasteiger partial charge in [0.25, 0.3) is 0 Å². The van der Waals surface area contributed by atoms with Crippen molar-refractivity contribution in [2.45, 2.75) is 44.0 Å². The van der Waals surface area contributed by atoms with Gasteiger partial charge in [0.2, 0.25) is 10.0 Å². The monoisotopic (exact) mass is 293 g/mol. The highest BCUT2D eigenvalue weighted by molar-refractivity contribution is 7.89. The van der Waals surface area contributed by atoms with Crippen LogP contribution in [0.2, 0.25) is 0 Å². The minimum Gasteiger partial charge on any atom is -0.469 e. The van der Waals surface area contributed by atoms with Gasteiger partial charge < -0.3 is 9.84 Å². The first kappa shape index (κ1) is 16.4. The average molecular weight is 293 g/mol. The van der Waals surface area contributed by atoms with E-state index in [9.17, 15) is 18.3 Å². The van der Waals surface area contributed by atoms with Crippen LogP contribution in [0.3, 0.4) is 0 Å². The van der Waals surface area contributed by atoms with Crippen molar-refractivity contribution in [2.75, 3.05) is 20.7 Å². The quantitative estimate of drug-likeness (QED) is 0.740. The van der Waals surface area contributed by atoms with Crippen LogP contribution in [0.25, 0.3) is 0 Å². The van der Waals surface area contributed by atoms with Gasteiger partial charge in [-0.3, -0.25) is 4.79 Å². The van der Waals surface area contributed by atoms with E-state index in [0.29, 0.717) is 19.3 Å². The van der Waals surface area contributed by atoms with E-state index in [-0.39, 0.29) is 6.54 Å². The van der Waals surface area contributed by atoms with Crippen molar-refractivity contribution >= 4 is 16.0 Å². The Morgan fingerprint density at radius 3 is 2.47 bits per heavy atom.